The number of esters is 1. The lowest BCUT2D eigenvalue weighted by Crippen LogP contribution is -2.58. The van der Waals surface area contributed by atoms with E-state index in [1.807, 2.05) is 13.8 Å². The van der Waals surface area contributed by atoms with Crippen molar-refractivity contribution in [3.8, 4) is 0 Å². The fraction of sp³-hybridized carbons (Fsp3) is 0.786. The van der Waals surface area contributed by atoms with Crippen LogP contribution < -0.4 is 11.1 Å². The van der Waals surface area contributed by atoms with Gasteiger partial charge in [-0.1, -0.05) is 13.8 Å². The van der Waals surface area contributed by atoms with E-state index in [0.717, 1.165) is 12.8 Å². The van der Waals surface area contributed by atoms with Crippen LogP contribution in [0.4, 0.5) is 4.79 Å². The summed E-state index contributed by atoms with van der Waals surface area (Å²) in [5.41, 5.74) is 5.13. The Kier molecular flexibility index (Phi) is 6.45. The van der Waals surface area contributed by atoms with Crippen LogP contribution in [-0.2, 0) is 14.3 Å². The van der Waals surface area contributed by atoms with Crippen molar-refractivity contribution in [2.45, 2.75) is 52.1 Å². The smallest absolute Gasteiger partial charge is 0.328 e. The third-order valence-corrected chi connectivity index (χ3v) is 3.58. The summed E-state index contributed by atoms with van der Waals surface area (Å²) in [6, 6.07) is -2.04. The summed E-state index contributed by atoms with van der Waals surface area (Å²) in [5, 5.41) is 2.46. The number of nitrogens with zero attached hydrogens (tertiary/aromatic N) is 1. The molecule has 7 nitrogen and oxygen atoms in total. The topological polar surface area (TPSA) is 102 Å². The second-order valence-electron chi connectivity index (χ2n) is 5.53. The number of nitrogens with two attached hydrogens (primary N) is 1. The molecule has 2 unspecified atom stereocenters. The van der Waals surface area contributed by atoms with Crippen molar-refractivity contribution in [3.63, 3.8) is 0 Å². The first-order valence-electron chi connectivity index (χ1n) is 7.41. The number of amides is 3. The molecule has 3 N–H and O–H groups in total. The highest BCUT2D eigenvalue weighted by Crippen LogP contribution is 2.20. The molecular weight excluding hydrogens is 274 g/mol. The van der Waals surface area contributed by atoms with Gasteiger partial charge in [0.05, 0.1) is 6.61 Å². The number of hydrogen-bond donors (Lipinski definition) is 2. The van der Waals surface area contributed by atoms with Gasteiger partial charge in [-0.3, -0.25) is 4.79 Å². The third kappa shape index (κ3) is 4.61. The van der Waals surface area contributed by atoms with Crippen LogP contribution in [0.3, 0.4) is 0 Å². The van der Waals surface area contributed by atoms with Crippen molar-refractivity contribution in [2.24, 2.45) is 11.7 Å². The van der Waals surface area contributed by atoms with Gasteiger partial charge in [-0.2, -0.15) is 0 Å². The Hall–Kier alpha value is -1.79. The molecular formula is C14H25N3O4. The zero-order valence-corrected chi connectivity index (χ0v) is 12.9. The van der Waals surface area contributed by atoms with Crippen molar-refractivity contribution in [1.82, 2.24) is 10.2 Å². The Bertz CT molecular complexity index is 398. The fourth-order valence-corrected chi connectivity index (χ4v) is 2.52. The van der Waals surface area contributed by atoms with E-state index in [1.165, 1.54) is 4.90 Å². The molecule has 0 spiro atoms. The highest BCUT2D eigenvalue weighted by molar-refractivity contribution is 5.90. The first-order valence-corrected chi connectivity index (χ1v) is 7.41. The van der Waals surface area contributed by atoms with Crippen molar-refractivity contribution in [2.75, 3.05) is 13.2 Å². The maximum atomic E-state index is 12.6. The molecule has 0 saturated carbocycles. The van der Waals surface area contributed by atoms with Crippen LogP contribution in [0.15, 0.2) is 0 Å². The monoisotopic (exact) mass is 299 g/mol. The fourth-order valence-electron chi connectivity index (χ4n) is 2.52. The van der Waals surface area contributed by atoms with Gasteiger partial charge >= 0.3 is 12.0 Å². The summed E-state index contributed by atoms with van der Waals surface area (Å²) in [6.07, 6.45) is 2.30. The van der Waals surface area contributed by atoms with Crippen LogP contribution in [-0.4, -0.2) is 48.0 Å². The molecule has 0 bridgehead atoms. The number of ether oxygens (including phenoxy) is 1. The number of rotatable bonds is 5. The summed E-state index contributed by atoms with van der Waals surface area (Å²) in [4.78, 5) is 37.2. The highest BCUT2D eigenvalue weighted by atomic mass is 16.5. The van der Waals surface area contributed by atoms with Crippen LogP contribution in [0, 0.1) is 5.92 Å². The molecule has 0 aliphatic carbocycles. The molecule has 1 aliphatic heterocycles. The minimum absolute atomic E-state index is 0.116. The molecule has 1 rings (SSSR count). The molecule has 2 atom stereocenters. The molecule has 0 aromatic carbocycles. The Morgan fingerprint density at radius 1 is 1.33 bits per heavy atom. The predicted octanol–water partition coefficient (Wildman–Crippen LogP) is 0.624. The second-order valence-corrected chi connectivity index (χ2v) is 5.53. The van der Waals surface area contributed by atoms with Crippen LogP contribution >= 0.6 is 0 Å². The lowest BCUT2D eigenvalue weighted by Gasteiger charge is -2.37. The van der Waals surface area contributed by atoms with E-state index in [2.05, 4.69) is 5.32 Å². The van der Waals surface area contributed by atoms with E-state index in [1.54, 1.807) is 6.92 Å². The van der Waals surface area contributed by atoms with Gasteiger partial charge in [0.25, 0.3) is 0 Å². The van der Waals surface area contributed by atoms with Crippen molar-refractivity contribution in [3.05, 3.63) is 0 Å². The highest BCUT2D eigenvalue weighted by Gasteiger charge is 2.37. The van der Waals surface area contributed by atoms with E-state index < -0.39 is 18.1 Å². The van der Waals surface area contributed by atoms with Crippen molar-refractivity contribution >= 4 is 17.9 Å². The number of likely N-dealkylation sites (tertiary alicyclic amines) is 1. The van der Waals surface area contributed by atoms with E-state index in [0.29, 0.717) is 13.0 Å². The number of urea groups is 1. The SMILES string of the molecule is CCOC(=O)C1CCCCN1C(=O)C(NC(N)=O)C(C)C. The van der Waals surface area contributed by atoms with Gasteiger partial charge in [0.1, 0.15) is 12.1 Å². The molecule has 3 amide bonds. The maximum Gasteiger partial charge on any atom is 0.328 e. The lowest BCUT2D eigenvalue weighted by atomic mass is 9.97. The summed E-state index contributed by atoms with van der Waals surface area (Å²) in [7, 11) is 0. The van der Waals surface area contributed by atoms with Gasteiger partial charge in [-0.15, -0.1) is 0 Å². The first-order chi connectivity index (χ1) is 9.88. The molecule has 21 heavy (non-hydrogen) atoms. The van der Waals surface area contributed by atoms with Gasteiger partial charge in [-0.25, -0.2) is 9.59 Å². The third-order valence-electron chi connectivity index (χ3n) is 3.58. The summed E-state index contributed by atoms with van der Waals surface area (Å²) in [6.45, 7) is 6.15. The van der Waals surface area contributed by atoms with Crippen LogP contribution in [0.2, 0.25) is 0 Å². The summed E-state index contributed by atoms with van der Waals surface area (Å²) < 4.78 is 5.04. The number of primary amides is 1. The van der Waals surface area contributed by atoms with Gasteiger partial charge in [0.2, 0.25) is 5.91 Å². The number of piperidine rings is 1. The second kappa shape index (κ2) is 7.85. The molecule has 0 radical (unpaired) electrons. The minimum Gasteiger partial charge on any atom is -0.464 e. The molecule has 1 aliphatic rings. The first kappa shape index (κ1) is 17.3. The summed E-state index contributed by atoms with van der Waals surface area (Å²) in [5.74, 6) is -0.775. The molecule has 0 aromatic heterocycles. The average molecular weight is 299 g/mol. The Morgan fingerprint density at radius 2 is 2.00 bits per heavy atom. The molecule has 1 saturated heterocycles. The standard InChI is InChI=1S/C14H25N3O4/c1-4-21-13(19)10-7-5-6-8-17(10)12(18)11(9(2)3)16-14(15)20/h9-11H,4-8H2,1-3H3,(H3,15,16,20). The molecule has 0 aromatic rings. The van der Waals surface area contributed by atoms with Gasteiger partial charge in [-0.05, 0) is 32.1 Å². The molecule has 7 heteroatoms. The quantitative estimate of drug-likeness (QED) is 0.727. The number of hydrogen-bond acceptors (Lipinski definition) is 4. The number of carbonyl (C=O) groups is 3. The largest absolute Gasteiger partial charge is 0.464 e. The van der Waals surface area contributed by atoms with E-state index in [9.17, 15) is 14.4 Å². The average Bonchev–Trinajstić information content (AvgIpc) is 2.44. The Labute approximate surface area is 125 Å². The Balaban J connectivity index is 2.88. The zero-order valence-electron chi connectivity index (χ0n) is 12.9. The molecule has 1 heterocycles. The Morgan fingerprint density at radius 3 is 2.52 bits per heavy atom. The van der Waals surface area contributed by atoms with E-state index in [-0.39, 0.29) is 24.4 Å². The van der Waals surface area contributed by atoms with Crippen LogP contribution in [0.5, 0.6) is 0 Å². The van der Waals surface area contributed by atoms with Crippen LogP contribution in [0.25, 0.3) is 0 Å². The van der Waals surface area contributed by atoms with Gasteiger partial charge in [0, 0.05) is 6.54 Å². The van der Waals surface area contributed by atoms with Gasteiger partial charge < -0.3 is 20.7 Å². The normalized spacial score (nSPS) is 20.0. The molecule has 1 fully saturated rings. The number of nitrogens with one attached hydrogen (secondary N) is 1. The predicted molar refractivity (Wildman–Crippen MR) is 77.3 cm³/mol. The zero-order chi connectivity index (χ0) is 16.0. The van der Waals surface area contributed by atoms with Gasteiger partial charge in [0.15, 0.2) is 0 Å². The van der Waals surface area contributed by atoms with Crippen LogP contribution in [0.1, 0.15) is 40.0 Å². The minimum atomic E-state index is -0.744. The summed E-state index contributed by atoms with van der Waals surface area (Å²) >= 11 is 0. The number of carbonyl (C=O) groups excluding carboxylic acids is 3. The van der Waals surface area contributed by atoms with Crippen molar-refractivity contribution in [1.29, 1.82) is 0 Å². The van der Waals surface area contributed by atoms with Crippen molar-refractivity contribution < 1.29 is 19.1 Å². The maximum absolute atomic E-state index is 12.6. The molecule has 120 valence electrons. The van der Waals surface area contributed by atoms with E-state index in [4.69, 9.17) is 10.5 Å². The lowest BCUT2D eigenvalue weighted by molar-refractivity contribution is -0.157. The van der Waals surface area contributed by atoms with E-state index >= 15 is 0 Å².